The summed E-state index contributed by atoms with van der Waals surface area (Å²) < 4.78 is 0. The molecule has 18 heavy (non-hydrogen) atoms. The fourth-order valence-corrected chi connectivity index (χ4v) is 1.45. The summed E-state index contributed by atoms with van der Waals surface area (Å²) in [6.07, 6.45) is 0. The van der Waals surface area contributed by atoms with Crippen LogP contribution in [-0.2, 0) is 16.1 Å². The van der Waals surface area contributed by atoms with E-state index in [0.29, 0.717) is 6.54 Å². The van der Waals surface area contributed by atoms with Crippen LogP contribution >= 0.6 is 0 Å². The van der Waals surface area contributed by atoms with Gasteiger partial charge in [-0.25, -0.2) is 0 Å². The van der Waals surface area contributed by atoms with Crippen LogP contribution in [-0.4, -0.2) is 43.9 Å². The van der Waals surface area contributed by atoms with Gasteiger partial charge in [-0.15, -0.1) is 0 Å². The van der Waals surface area contributed by atoms with E-state index in [-0.39, 0.29) is 24.9 Å². The number of likely N-dealkylation sites (N-methyl/N-ethyl adjacent to an activating group) is 2. The minimum atomic E-state index is -0.131. The van der Waals surface area contributed by atoms with Crippen LogP contribution in [0.1, 0.15) is 5.56 Å². The van der Waals surface area contributed by atoms with Crippen LogP contribution < -0.4 is 10.6 Å². The number of nitrogens with zero attached hydrogens (tertiary/aromatic N) is 1. The molecule has 98 valence electrons. The molecule has 2 N–H and O–H groups in total. The van der Waals surface area contributed by atoms with E-state index in [1.54, 1.807) is 19.0 Å². The molecule has 0 radical (unpaired) electrons. The maximum absolute atomic E-state index is 11.7. The third kappa shape index (κ3) is 4.97. The fourth-order valence-electron chi connectivity index (χ4n) is 1.45. The molecule has 5 heteroatoms. The second kappa shape index (κ2) is 7.45. The Morgan fingerprint density at radius 2 is 1.83 bits per heavy atom. The molecule has 0 saturated carbocycles. The van der Waals surface area contributed by atoms with Crippen LogP contribution in [0.4, 0.5) is 0 Å². The Morgan fingerprint density at radius 1 is 1.17 bits per heavy atom. The van der Waals surface area contributed by atoms with Gasteiger partial charge in [0.05, 0.1) is 13.1 Å². The quantitative estimate of drug-likeness (QED) is 0.745. The molecule has 0 saturated heterocycles. The highest BCUT2D eigenvalue weighted by molar-refractivity contribution is 5.80. The Balaban J connectivity index is 2.31. The van der Waals surface area contributed by atoms with E-state index in [1.165, 1.54) is 0 Å². The van der Waals surface area contributed by atoms with Crippen LogP contribution in [0, 0.1) is 0 Å². The molecule has 2 amide bonds. The largest absolute Gasteiger partial charge is 0.358 e. The number of hydrogen-bond donors (Lipinski definition) is 2. The smallest absolute Gasteiger partial charge is 0.236 e. The van der Waals surface area contributed by atoms with Crippen molar-refractivity contribution in [2.75, 3.05) is 27.2 Å². The van der Waals surface area contributed by atoms with E-state index >= 15 is 0 Å². The van der Waals surface area contributed by atoms with Crippen LogP contribution in [0.5, 0.6) is 0 Å². The first kappa shape index (κ1) is 14.2. The molecule has 0 spiro atoms. The second-order valence-electron chi connectivity index (χ2n) is 4.01. The molecule has 0 fully saturated rings. The summed E-state index contributed by atoms with van der Waals surface area (Å²) in [6, 6.07) is 9.77. The first-order valence-corrected chi connectivity index (χ1v) is 5.82. The Kier molecular flexibility index (Phi) is 5.87. The number of carbonyl (C=O) groups excluding carboxylic acids is 2. The van der Waals surface area contributed by atoms with Crippen molar-refractivity contribution in [2.24, 2.45) is 0 Å². The molecule has 1 aromatic rings. The van der Waals surface area contributed by atoms with Crippen molar-refractivity contribution in [1.82, 2.24) is 15.5 Å². The molecule has 0 atom stereocenters. The number of nitrogens with one attached hydrogen (secondary N) is 2. The Hall–Kier alpha value is -1.88. The number of benzene rings is 1. The predicted molar refractivity (Wildman–Crippen MR) is 69.9 cm³/mol. The molecule has 0 bridgehead atoms. The fraction of sp³-hybridized carbons (Fsp3) is 0.385. The number of hydrogen-bond acceptors (Lipinski definition) is 3. The van der Waals surface area contributed by atoms with Crippen molar-refractivity contribution in [3.63, 3.8) is 0 Å². The van der Waals surface area contributed by atoms with Crippen molar-refractivity contribution in [3.05, 3.63) is 35.9 Å². The minimum absolute atomic E-state index is 0.0391. The van der Waals surface area contributed by atoms with Gasteiger partial charge in [-0.2, -0.15) is 0 Å². The molecule has 0 aliphatic rings. The van der Waals surface area contributed by atoms with Crippen molar-refractivity contribution in [3.8, 4) is 0 Å². The molecule has 5 nitrogen and oxygen atoms in total. The van der Waals surface area contributed by atoms with Crippen molar-refractivity contribution in [2.45, 2.75) is 6.54 Å². The lowest BCUT2D eigenvalue weighted by atomic mass is 10.2. The molecular weight excluding hydrogens is 230 g/mol. The average molecular weight is 249 g/mol. The molecule has 1 aromatic carbocycles. The predicted octanol–water partition coefficient (Wildman–Crippen LogP) is -0.0194. The van der Waals surface area contributed by atoms with Gasteiger partial charge in [-0.3, -0.25) is 14.9 Å². The van der Waals surface area contributed by atoms with Crippen LogP contribution in [0.3, 0.4) is 0 Å². The summed E-state index contributed by atoms with van der Waals surface area (Å²) in [5, 5.41) is 5.28. The normalized spacial score (nSPS) is 9.89. The standard InChI is InChI=1S/C13H19N3O2/c1-14-12(17)8-15-9-13(18)16(2)10-11-6-4-3-5-7-11/h3-7,15H,8-10H2,1-2H3,(H,14,17). The van der Waals surface area contributed by atoms with Gasteiger partial charge in [0.2, 0.25) is 11.8 Å². The third-order valence-corrected chi connectivity index (χ3v) is 2.53. The Morgan fingerprint density at radius 3 is 2.44 bits per heavy atom. The average Bonchev–Trinajstić information content (AvgIpc) is 2.39. The van der Waals surface area contributed by atoms with Gasteiger partial charge in [0, 0.05) is 20.6 Å². The summed E-state index contributed by atoms with van der Waals surface area (Å²) >= 11 is 0. The SMILES string of the molecule is CNC(=O)CNCC(=O)N(C)Cc1ccccc1. The summed E-state index contributed by atoms with van der Waals surface area (Å²) in [5.74, 6) is -0.170. The maximum Gasteiger partial charge on any atom is 0.236 e. The highest BCUT2D eigenvalue weighted by atomic mass is 16.2. The maximum atomic E-state index is 11.7. The van der Waals surface area contributed by atoms with Gasteiger partial charge in [-0.05, 0) is 5.56 Å². The van der Waals surface area contributed by atoms with Gasteiger partial charge in [0.15, 0.2) is 0 Å². The van der Waals surface area contributed by atoms with E-state index in [1.807, 2.05) is 30.3 Å². The Labute approximate surface area is 107 Å². The molecule has 1 rings (SSSR count). The lowest BCUT2D eigenvalue weighted by Crippen LogP contribution is -2.39. The third-order valence-electron chi connectivity index (χ3n) is 2.53. The second-order valence-corrected chi connectivity index (χ2v) is 4.01. The van der Waals surface area contributed by atoms with Crippen LogP contribution in [0.25, 0.3) is 0 Å². The highest BCUT2D eigenvalue weighted by Crippen LogP contribution is 2.02. The molecule has 0 heterocycles. The minimum Gasteiger partial charge on any atom is -0.358 e. The Bertz CT molecular complexity index is 392. The lowest BCUT2D eigenvalue weighted by molar-refractivity contribution is -0.129. The molecule has 0 aliphatic heterocycles. The van der Waals surface area contributed by atoms with E-state index in [0.717, 1.165) is 5.56 Å². The number of carbonyl (C=O) groups is 2. The van der Waals surface area contributed by atoms with Gasteiger partial charge in [0.25, 0.3) is 0 Å². The van der Waals surface area contributed by atoms with Gasteiger partial charge in [-0.1, -0.05) is 30.3 Å². The number of amides is 2. The van der Waals surface area contributed by atoms with E-state index in [4.69, 9.17) is 0 Å². The van der Waals surface area contributed by atoms with E-state index < -0.39 is 0 Å². The van der Waals surface area contributed by atoms with Crippen LogP contribution in [0.2, 0.25) is 0 Å². The number of rotatable bonds is 6. The van der Waals surface area contributed by atoms with Gasteiger partial charge >= 0.3 is 0 Å². The monoisotopic (exact) mass is 249 g/mol. The summed E-state index contributed by atoms with van der Waals surface area (Å²) in [7, 11) is 3.31. The van der Waals surface area contributed by atoms with Crippen molar-refractivity contribution < 1.29 is 9.59 Å². The van der Waals surface area contributed by atoms with E-state index in [9.17, 15) is 9.59 Å². The molecule has 0 unspecified atom stereocenters. The molecule has 0 aliphatic carbocycles. The highest BCUT2D eigenvalue weighted by Gasteiger charge is 2.09. The zero-order chi connectivity index (χ0) is 13.4. The van der Waals surface area contributed by atoms with Crippen molar-refractivity contribution >= 4 is 11.8 Å². The summed E-state index contributed by atoms with van der Waals surface area (Å²) in [5.41, 5.74) is 1.08. The summed E-state index contributed by atoms with van der Waals surface area (Å²) in [6.45, 7) is 0.888. The first-order valence-electron chi connectivity index (χ1n) is 5.82. The lowest BCUT2D eigenvalue weighted by Gasteiger charge is -2.17. The van der Waals surface area contributed by atoms with E-state index in [2.05, 4.69) is 10.6 Å². The zero-order valence-electron chi connectivity index (χ0n) is 10.8. The summed E-state index contributed by atoms with van der Waals surface area (Å²) in [4.78, 5) is 24.3. The van der Waals surface area contributed by atoms with Crippen LogP contribution in [0.15, 0.2) is 30.3 Å². The molecule has 0 aromatic heterocycles. The van der Waals surface area contributed by atoms with Gasteiger partial charge < -0.3 is 10.2 Å². The first-order chi connectivity index (χ1) is 8.63. The van der Waals surface area contributed by atoms with Crippen molar-refractivity contribution in [1.29, 1.82) is 0 Å². The van der Waals surface area contributed by atoms with Gasteiger partial charge in [0.1, 0.15) is 0 Å². The zero-order valence-corrected chi connectivity index (χ0v) is 10.8. The molecular formula is C13H19N3O2. The topological polar surface area (TPSA) is 61.4 Å².